The zero-order valence-electron chi connectivity index (χ0n) is 8.90. The summed E-state index contributed by atoms with van der Waals surface area (Å²) >= 11 is 0. The lowest BCUT2D eigenvalue weighted by Gasteiger charge is -2.38. The molecule has 1 N–H and O–H groups in total. The number of rotatable bonds is 0. The van der Waals surface area contributed by atoms with E-state index in [0.29, 0.717) is 5.92 Å². The molecule has 2 aliphatic rings. The van der Waals surface area contributed by atoms with Crippen molar-refractivity contribution in [1.29, 1.82) is 0 Å². The highest BCUT2D eigenvalue weighted by molar-refractivity contribution is 4.95. The Balaban J connectivity index is 2.12. The van der Waals surface area contributed by atoms with Crippen LogP contribution >= 0.6 is 0 Å². The van der Waals surface area contributed by atoms with Gasteiger partial charge in [-0.05, 0) is 37.1 Å². The third-order valence-corrected chi connectivity index (χ3v) is 4.20. The van der Waals surface area contributed by atoms with Gasteiger partial charge in [0.2, 0.25) is 0 Å². The van der Waals surface area contributed by atoms with Gasteiger partial charge in [0.05, 0.1) is 6.10 Å². The van der Waals surface area contributed by atoms with Crippen molar-refractivity contribution in [2.45, 2.75) is 26.4 Å². The monoisotopic (exact) mass is 183 g/mol. The van der Waals surface area contributed by atoms with E-state index < -0.39 is 0 Å². The fourth-order valence-electron chi connectivity index (χ4n) is 3.36. The Kier molecular flexibility index (Phi) is 2.37. The fourth-order valence-corrected chi connectivity index (χ4v) is 3.36. The number of fused-ring (bicyclic) bond motifs is 1. The number of likely N-dealkylation sites (tertiary alicyclic amines) is 1. The lowest BCUT2D eigenvalue weighted by Crippen LogP contribution is -2.42. The molecule has 1 aliphatic carbocycles. The van der Waals surface area contributed by atoms with Gasteiger partial charge in [-0.25, -0.2) is 0 Å². The third kappa shape index (κ3) is 1.50. The van der Waals surface area contributed by atoms with Crippen molar-refractivity contribution in [2.24, 2.45) is 23.7 Å². The molecule has 2 fully saturated rings. The van der Waals surface area contributed by atoms with E-state index in [2.05, 4.69) is 25.8 Å². The van der Waals surface area contributed by atoms with Crippen LogP contribution in [0, 0.1) is 23.7 Å². The van der Waals surface area contributed by atoms with Gasteiger partial charge in [0, 0.05) is 13.1 Å². The van der Waals surface area contributed by atoms with Crippen LogP contribution < -0.4 is 0 Å². The summed E-state index contributed by atoms with van der Waals surface area (Å²) in [5, 5.41) is 9.81. The molecule has 1 aliphatic heterocycles. The van der Waals surface area contributed by atoms with E-state index >= 15 is 0 Å². The number of piperidine rings is 1. The van der Waals surface area contributed by atoms with Crippen molar-refractivity contribution >= 4 is 0 Å². The molecule has 0 amide bonds. The van der Waals surface area contributed by atoms with Gasteiger partial charge in [-0.2, -0.15) is 0 Å². The van der Waals surface area contributed by atoms with Crippen molar-refractivity contribution in [3.05, 3.63) is 0 Å². The second kappa shape index (κ2) is 3.25. The van der Waals surface area contributed by atoms with Gasteiger partial charge in [0.15, 0.2) is 0 Å². The van der Waals surface area contributed by atoms with Gasteiger partial charge in [-0.3, -0.25) is 0 Å². The van der Waals surface area contributed by atoms with E-state index in [4.69, 9.17) is 0 Å². The SMILES string of the molecule is C[C@H]1[C@@H]2CN(C)C[C@H](C)[C@H]2C[C@@H]1O. The number of aliphatic hydroxyl groups excluding tert-OH is 1. The van der Waals surface area contributed by atoms with E-state index in [1.165, 1.54) is 13.1 Å². The molecule has 0 aromatic rings. The van der Waals surface area contributed by atoms with Crippen LogP contribution in [0.25, 0.3) is 0 Å². The maximum atomic E-state index is 9.81. The molecule has 0 aromatic carbocycles. The maximum Gasteiger partial charge on any atom is 0.0571 e. The minimum atomic E-state index is -0.0380. The van der Waals surface area contributed by atoms with Gasteiger partial charge < -0.3 is 10.0 Å². The van der Waals surface area contributed by atoms with Crippen LogP contribution in [0.2, 0.25) is 0 Å². The van der Waals surface area contributed by atoms with E-state index in [9.17, 15) is 5.11 Å². The first-order chi connectivity index (χ1) is 6.09. The largest absolute Gasteiger partial charge is 0.393 e. The summed E-state index contributed by atoms with van der Waals surface area (Å²) in [7, 11) is 2.20. The Bertz CT molecular complexity index is 195. The lowest BCUT2D eigenvalue weighted by atomic mass is 9.79. The zero-order valence-corrected chi connectivity index (χ0v) is 8.90. The molecule has 1 saturated carbocycles. The van der Waals surface area contributed by atoms with Gasteiger partial charge in [-0.15, -0.1) is 0 Å². The smallest absolute Gasteiger partial charge is 0.0571 e. The Labute approximate surface area is 80.9 Å². The zero-order chi connectivity index (χ0) is 9.59. The summed E-state index contributed by atoms with van der Waals surface area (Å²) in [5.41, 5.74) is 0. The van der Waals surface area contributed by atoms with Crippen molar-refractivity contribution in [1.82, 2.24) is 4.90 Å². The predicted molar refractivity (Wildman–Crippen MR) is 53.4 cm³/mol. The van der Waals surface area contributed by atoms with Crippen molar-refractivity contribution in [3.8, 4) is 0 Å². The Morgan fingerprint density at radius 2 is 1.85 bits per heavy atom. The van der Waals surface area contributed by atoms with Gasteiger partial charge in [0.1, 0.15) is 0 Å². The van der Waals surface area contributed by atoms with Crippen molar-refractivity contribution in [3.63, 3.8) is 0 Å². The summed E-state index contributed by atoms with van der Waals surface area (Å²) in [4.78, 5) is 2.42. The average molecular weight is 183 g/mol. The van der Waals surface area contributed by atoms with Crippen molar-refractivity contribution < 1.29 is 5.11 Å². The summed E-state index contributed by atoms with van der Waals surface area (Å²) in [6.45, 7) is 6.94. The topological polar surface area (TPSA) is 23.5 Å². The highest BCUT2D eigenvalue weighted by Gasteiger charge is 2.44. The molecule has 1 saturated heterocycles. The van der Waals surface area contributed by atoms with Crippen LogP contribution in [0.3, 0.4) is 0 Å². The first kappa shape index (κ1) is 9.47. The highest BCUT2D eigenvalue weighted by atomic mass is 16.3. The van der Waals surface area contributed by atoms with Gasteiger partial charge >= 0.3 is 0 Å². The molecule has 0 spiro atoms. The number of hydrogen-bond donors (Lipinski definition) is 1. The van der Waals surface area contributed by atoms with Crippen LogP contribution in [-0.4, -0.2) is 36.2 Å². The molecule has 0 bridgehead atoms. The molecule has 2 heteroatoms. The van der Waals surface area contributed by atoms with Crippen LogP contribution in [0.5, 0.6) is 0 Å². The highest BCUT2D eigenvalue weighted by Crippen LogP contribution is 2.44. The van der Waals surface area contributed by atoms with Crippen LogP contribution in [0.4, 0.5) is 0 Å². The molecular weight excluding hydrogens is 162 g/mol. The van der Waals surface area contributed by atoms with Gasteiger partial charge in [-0.1, -0.05) is 13.8 Å². The standard InChI is InChI=1S/C11H21NO/c1-7-5-12(3)6-10-8(2)11(13)4-9(7)10/h7-11,13H,4-6H2,1-3H3/t7-,8-,9+,10-,11-/m0/s1. The van der Waals surface area contributed by atoms with E-state index in [0.717, 1.165) is 24.2 Å². The molecule has 1 heterocycles. The normalized spacial score (nSPS) is 52.2. The summed E-state index contributed by atoms with van der Waals surface area (Å²) < 4.78 is 0. The minimum Gasteiger partial charge on any atom is -0.393 e. The summed E-state index contributed by atoms with van der Waals surface area (Å²) in [5.74, 6) is 2.79. The minimum absolute atomic E-state index is 0.0380. The van der Waals surface area contributed by atoms with Crippen LogP contribution in [-0.2, 0) is 0 Å². The second-order valence-corrected chi connectivity index (χ2v) is 5.19. The number of aliphatic hydroxyl groups is 1. The lowest BCUT2D eigenvalue weighted by molar-refractivity contribution is 0.0850. The van der Waals surface area contributed by atoms with Crippen LogP contribution in [0.15, 0.2) is 0 Å². The molecule has 0 aromatic heterocycles. The van der Waals surface area contributed by atoms with E-state index in [-0.39, 0.29) is 6.10 Å². The fraction of sp³-hybridized carbons (Fsp3) is 1.00. The maximum absolute atomic E-state index is 9.81. The number of hydrogen-bond acceptors (Lipinski definition) is 2. The molecule has 0 unspecified atom stereocenters. The third-order valence-electron chi connectivity index (χ3n) is 4.20. The molecular formula is C11H21NO. The van der Waals surface area contributed by atoms with Crippen LogP contribution in [0.1, 0.15) is 20.3 Å². The van der Waals surface area contributed by atoms with E-state index in [1.54, 1.807) is 0 Å². The van der Waals surface area contributed by atoms with Crippen molar-refractivity contribution in [2.75, 3.05) is 20.1 Å². The quantitative estimate of drug-likeness (QED) is 0.610. The first-order valence-electron chi connectivity index (χ1n) is 5.46. The second-order valence-electron chi connectivity index (χ2n) is 5.19. The number of nitrogens with zero attached hydrogens (tertiary/aromatic N) is 1. The molecule has 2 rings (SSSR count). The van der Waals surface area contributed by atoms with Gasteiger partial charge in [0.25, 0.3) is 0 Å². The summed E-state index contributed by atoms with van der Waals surface area (Å²) in [6.07, 6.45) is 1.00. The molecule has 5 atom stereocenters. The first-order valence-corrected chi connectivity index (χ1v) is 5.46. The molecule has 13 heavy (non-hydrogen) atoms. The molecule has 0 radical (unpaired) electrons. The average Bonchev–Trinajstić information content (AvgIpc) is 2.32. The Hall–Kier alpha value is -0.0800. The molecule has 76 valence electrons. The Morgan fingerprint density at radius 3 is 2.54 bits per heavy atom. The summed E-state index contributed by atoms with van der Waals surface area (Å²) in [6, 6.07) is 0. The Morgan fingerprint density at radius 1 is 1.15 bits per heavy atom. The van der Waals surface area contributed by atoms with E-state index in [1.807, 2.05) is 0 Å². The predicted octanol–water partition coefficient (Wildman–Crippen LogP) is 1.20. The molecule has 2 nitrogen and oxygen atoms in total.